The Hall–Kier alpha value is -1.99. The van der Waals surface area contributed by atoms with Crippen molar-refractivity contribution >= 4 is 0 Å². The van der Waals surface area contributed by atoms with E-state index < -0.39 is 11.7 Å². The highest BCUT2D eigenvalue weighted by atomic mass is 19.4. The minimum Gasteiger partial charge on any atom is -0.369 e. The lowest BCUT2D eigenvalue weighted by molar-refractivity contribution is -0.137. The van der Waals surface area contributed by atoms with E-state index in [2.05, 4.69) is 15.3 Å². The summed E-state index contributed by atoms with van der Waals surface area (Å²) in [6.07, 6.45) is -1.40. The first-order valence-electron chi connectivity index (χ1n) is 7.31. The van der Waals surface area contributed by atoms with Crippen LogP contribution in [0.25, 0.3) is 0 Å². The third-order valence-electron chi connectivity index (χ3n) is 3.64. The number of ether oxygens (including phenoxy) is 1. The van der Waals surface area contributed by atoms with Gasteiger partial charge in [-0.15, -0.1) is 0 Å². The van der Waals surface area contributed by atoms with Crippen molar-refractivity contribution in [2.75, 3.05) is 19.7 Å². The van der Waals surface area contributed by atoms with Crippen LogP contribution >= 0.6 is 0 Å². The predicted octanol–water partition coefficient (Wildman–Crippen LogP) is 2.75. The molecular formula is C16H16F3N3O. The summed E-state index contributed by atoms with van der Waals surface area (Å²) in [5.74, 6) is 0. The Morgan fingerprint density at radius 1 is 1.13 bits per heavy atom. The van der Waals surface area contributed by atoms with Crippen LogP contribution in [0.4, 0.5) is 13.2 Å². The van der Waals surface area contributed by atoms with E-state index in [9.17, 15) is 13.2 Å². The van der Waals surface area contributed by atoms with Gasteiger partial charge in [-0.05, 0) is 23.8 Å². The van der Waals surface area contributed by atoms with Gasteiger partial charge in [0.1, 0.15) is 6.10 Å². The molecule has 0 saturated carbocycles. The topological polar surface area (TPSA) is 47.0 Å². The number of aromatic nitrogens is 2. The van der Waals surface area contributed by atoms with Gasteiger partial charge in [0.25, 0.3) is 0 Å². The molecule has 1 N–H and O–H groups in total. The monoisotopic (exact) mass is 323 g/mol. The van der Waals surface area contributed by atoms with E-state index in [0.29, 0.717) is 18.7 Å². The Morgan fingerprint density at radius 3 is 2.57 bits per heavy atom. The summed E-state index contributed by atoms with van der Waals surface area (Å²) in [5, 5.41) is 3.24. The second-order valence-corrected chi connectivity index (χ2v) is 5.37. The molecule has 1 aliphatic heterocycles. The number of hydrogen-bond donors (Lipinski definition) is 1. The zero-order chi connectivity index (χ0) is 16.3. The van der Waals surface area contributed by atoms with Crippen LogP contribution < -0.4 is 5.32 Å². The number of morpholine rings is 1. The lowest BCUT2D eigenvalue weighted by atomic mass is 10.1. The first-order valence-corrected chi connectivity index (χ1v) is 7.31. The van der Waals surface area contributed by atoms with E-state index >= 15 is 0 Å². The lowest BCUT2D eigenvalue weighted by Crippen LogP contribution is -2.33. The van der Waals surface area contributed by atoms with Crippen molar-refractivity contribution in [3.8, 4) is 0 Å². The number of pyridine rings is 2. The minimum atomic E-state index is -4.36. The molecular weight excluding hydrogens is 307 g/mol. The van der Waals surface area contributed by atoms with Crippen molar-refractivity contribution < 1.29 is 17.9 Å². The van der Waals surface area contributed by atoms with Crippen LogP contribution in [0.3, 0.4) is 0 Å². The van der Waals surface area contributed by atoms with Gasteiger partial charge in [0.2, 0.25) is 0 Å². The van der Waals surface area contributed by atoms with Gasteiger partial charge in [-0.25, -0.2) is 0 Å². The second kappa shape index (κ2) is 6.64. The van der Waals surface area contributed by atoms with Gasteiger partial charge in [0, 0.05) is 37.6 Å². The van der Waals surface area contributed by atoms with Gasteiger partial charge >= 0.3 is 6.18 Å². The summed E-state index contributed by atoms with van der Waals surface area (Å²) in [6.45, 7) is 2.23. The number of halogens is 3. The predicted molar refractivity (Wildman–Crippen MR) is 77.8 cm³/mol. The van der Waals surface area contributed by atoms with Gasteiger partial charge in [0.15, 0.2) is 0 Å². The van der Waals surface area contributed by atoms with Crippen molar-refractivity contribution in [2.45, 2.75) is 18.7 Å². The third kappa shape index (κ3) is 4.05. The molecule has 1 aliphatic rings. The standard InChI is InChI=1S/C16H16F3N3O/c17-16(18,19)12-2-3-13(21-9-12)7-11-1-4-14(22-8-11)15-10-20-5-6-23-15/h1-4,8-9,15,20H,5-7,10H2/t15-/m1/s1. The molecule has 3 rings (SSSR count). The second-order valence-electron chi connectivity index (χ2n) is 5.37. The lowest BCUT2D eigenvalue weighted by Gasteiger charge is -2.23. The summed E-state index contributed by atoms with van der Waals surface area (Å²) in [5.41, 5.74) is 1.57. The molecule has 0 amide bonds. The van der Waals surface area contributed by atoms with E-state index in [-0.39, 0.29) is 6.10 Å². The Bertz CT molecular complexity index is 635. The van der Waals surface area contributed by atoms with Gasteiger partial charge in [-0.2, -0.15) is 13.2 Å². The molecule has 1 saturated heterocycles. The fourth-order valence-corrected chi connectivity index (χ4v) is 2.39. The van der Waals surface area contributed by atoms with Crippen molar-refractivity contribution in [1.29, 1.82) is 0 Å². The number of alkyl halides is 3. The molecule has 0 radical (unpaired) electrons. The van der Waals surface area contributed by atoms with Gasteiger partial charge in [0.05, 0.1) is 17.9 Å². The zero-order valence-corrected chi connectivity index (χ0v) is 12.3. The molecule has 2 aromatic rings. The van der Waals surface area contributed by atoms with Crippen LogP contribution in [0, 0.1) is 0 Å². The van der Waals surface area contributed by atoms with Crippen LogP contribution in [-0.2, 0) is 17.3 Å². The Morgan fingerprint density at radius 2 is 2.00 bits per heavy atom. The van der Waals surface area contributed by atoms with Crippen molar-refractivity contribution in [3.05, 3.63) is 59.2 Å². The zero-order valence-electron chi connectivity index (χ0n) is 12.3. The molecule has 0 unspecified atom stereocenters. The molecule has 3 heterocycles. The number of hydrogen-bond acceptors (Lipinski definition) is 4. The van der Waals surface area contributed by atoms with Crippen LogP contribution in [0.1, 0.15) is 28.6 Å². The Kier molecular flexibility index (Phi) is 4.58. The maximum atomic E-state index is 12.5. The van der Waals surface area contributed by atoms with E-state index in [4.69, 9.17) is 4.74 Å². The van der Waals surface area contributed by atoms with Crippen molar-refractivity contribution in [2.24, 2.45) is 0 Å². The van der Waals surface area contributed by atoms with Crippen molar-refractivity contribution in [3.63, 3.8) is 0 Å². The van der Waals surface area contributed by atoms with Crippen LogP contribution in [0.5, 0.6) is 0 Å². The summed E-state index contributed by atoms with van der Waals surface area (Å²) in [6, 6.07) is 6.23. The third-order valence-corrected chi connectivity index (χ3v) is 3.64. The molecule has 122 valence electrons. The van der Waals surface area contributed by atoms with E-state index in [1.54, 1.807) is 6.20 Å². The van der Waals surface area contributed by atoms with Crippen LogP contribution in [-0.4, -0.2) is 29.7 Å². The van der Waals surface area contributed by atoms with Gasteiger partial charge in [-0.3, -0.25) is 9.97 Å². The number of nitrogens with one attached hydrogen (secondary N) is 1. The van der Waals surface area contributed by atoms with E-state index in [0.717, 1.165) is 36.6 Å². The molecule has 4 nitrogen and oxygen atoms in total. The van der Waals surface area contributed by atoms with Crippen LogP contribution in [0.15, 0.2) is 36.7 Å². The molecule has 1 atom stereocenters. The average molecular weight is 323 g/mol. The van der Waals surface area contributed by atoms with Gasteiger partial charge < -0.3 is 10.1 Å². The fraction of sp³-hybridized carbons (Fsp3) is 0.375. The highest BCUT2D eigenvalue weighted by Gasteiger charge is 2.30. The maximum absolute atomic E-state index is 12.5. The Labute approximate surface area is 131 Å². The highest BCUT2D eigenvalue weighted by molar-refractivity contribution is 5.24. The fourth-order valence-electron chi connectivity index (χ4n) is 2.39. The first kappa shape index (κ1) is 15.9. The minimum absolute atomic E-state index is 0.0537. The number of nitrogens with zero attached hydrogens (tertiary/aromatic N) is 2. The van der Waals surface area contributed by atoms with Crippen LogP contribution in [0.2, 0.25) is 0 Å². The Balaban J connectivity index is 1.66. The largest absolute Gasteiger partial charge is 0.417 e. The highest BCUT2D eigenvalue weighted by Crippen LogP contribution is 2.28. The smallest absolute Gasteiger partial charge is 0.369 e. The summed E-state index contributed by atoms with van der Waals surface area (Å²) in [4.78, 5) is 8.25. The molecule has 23 heavy (non-hydrogen) atoms. The van der Waals surface area contributed by atoms with E-state index in [1.807, 2.05) is 12.1 Å². The summed E-state index contributed by atoms with van der Waals surface area (Å²) >= 11 is 0. The molecule has 2 aromatic heterocycles. The normalized spacial score (nSPS) is 18.8. The molecule has 1 fully saturated rings. The maximum Gasteiger partial charge on any atom is 0.417 e. The molecule has 0 aromatic carbocycles. The quantitative estimate of drug-likeness (QED) is 0.943. The molecule has 0 spiro atoms. The summed E-state index contributed by atoms with van der Waals surface area (Å²) in [7, 11) is 0. The number of rotatable bonds is 3. The first-order chi connectivity index (χ1) is 11.0. The van der Waals surface area contributed by atoms with Gasteiger partial charge in [-0.1, -0.05) is 6.07 Å². The van der Waals surface area contributed by atoms with Crippen molar-refractivity contribution in [1.82, 2.24) is 15.3 Å². The molecule has 0 aliphatic carbocycles. The van der Waals surface area contributed by atoms with E-state index in [1.165, 1.54) is 6.07 Å². The molecule has 7 heteroatoms. The summed E-state index contributed by atoms with van der Waals surface area (Å²) < 4.78 is 43.1. The molecule has 0 bridgehead atoms. The average Bonchev–Trinajstić information content (AvgIpc) is 2.56. The SMILES string of the molecule is FC(F)(F)c1ccc(Cc2ccc([C@H]3CNCCO3)nc2)nc1.